The lowest BCUT2D eigenvalue weighted by molar-refractivity contribution is 0.473. The molecule has 0 radical (unpaired) electrons. The molecule has 3 heteroatoms. The predicted octanol–water partition coefficient (Wildman–Crippen LogP) is 2.21. The number of phenolic OH excluding ortho intramolecular Hbond substituents is 1. The van der Waals surface area contributed by atoms with Gasteiger partial charge in [0.05, 0.1) is 0 Å². The summed E-state index contributed by atoms with van der Waals surface area (Å²) in [5.41, 5.74) is 2.51. The Hall–Kier alpha value is -1.77. The van der Waals surface area contributed by atoms with Crippen molar-refractivity contribution in [3.8, 4) is 5.75 Å². The van der Waals surface area contributed by atoms with Gasteiger partial charge in [0.15, 0.2) is 0 Å². The van der Waals surface area contributed by atoms with E-state index in [-0.39, 0.29) is 5.41 Å². The molecule has 2 aromatic rings. The zero-order valence-corrected chi connectivity index (χ0v) is 9.22. The molecule has 0 unspecified atom stereocenters. The Bertz CT molecular complexity index is 526. The number of aromatic hydroxyl groups is 1. The van der Waals surface area contributed by atoms with Crippen LogP contribution >= 0.6 is 0 Å². The Kier molecular flexibility index (Phi) is 1.84. The average molecular weight is 214 g/mol. The molecule has 1 saturated carbocycles. The van der Waals surface area contributed by atoms with Crippen LogP contribution < -0.4 is 0 Å². The topological polar surface area (TPSA) is 38.0 Å². The molecule has 0 saturated heterocycles. The number of rotatable bonds is 2. The van der Waals surface area contributed by atoms with E-state index in [0.717, 1.165) is 12.8 Å². The summed E-state index contributed by atoms with van der Waals surface area (Å²) in [6, 6.07) is 9.63. The van der Waals surface area contributed by atoms with Crippen molar-refractivity contribution in [3.63, 3.8) is 0 Å². The van der Waals surface area contributed by atoms with E-state index in [4.69, 9.17) is 0 Å². The molecule has 0 atom stereocenters. The molecule has 1 heterocycles. The Labute approximate surface area is 94.3 Å². The molecule has 1 aliphatic carbocycles. The smallest absolute Gasteiger partial charge is 0.115 e. The highest BCUT2D eigenvalue weighted by molar-refractivity contribution is 5.44. The monoisotopic (exact) mass is 214 g/mol. The molecular weight excluding hydrogens is 200 g/mol. The van der Waals surface area contributed by atoms with Crippen LogP contribution in [0.2, 0.25) is 0 Å². The highest BCUT2D eigenvalue weighted by atomic mass is 16.3. The molecule has 82 valence electrons. The lowest BCUT2D eigenvalue weighted by Gasteiger charge is -2.16. The van der Waals surface area contributed by atoms with Gasteiger partial charge in [-0.05, 0) is 36.6 Å². The third-order valence-corrected chi connectivity index (χ3v) is 3.46. The van der Waals surface area contributed by atoms with Crippen molar-refractivity contribution >= 4 is 0 Å². The van der Waals surface area contributed by atoms with E-state index in [0.29, 0.717) is 5.75 Å². The van der Waals surface area contributed by atoms with Crippen molar-refractivity contribution < 1.29 is 5.11 Å². The van der Waals surface area contributed by atoms with E-state index in [1.54, 1.807) is 6.07 Å². The zero-order valence-electron chi connectivity index (χ0n) is 9.22. The quantitative estimate of drug-likeness (QED) is 0.832. The Morgan fingerprint density at radius 3 is 2.69 bits per heavy atom. The van der Waals surface area contributed by atoms with E-state index in [2.05, 4.69) is 17.2 Å². The Morgan fingerprint density at radius 2 is 2.12 bits per heavy atom. The van der Waals surface area contributed by atoms with Crippen LogP contribution in [0.1, 0.15) is 24.1 Å². The summed E-state index contributed by atoms with van der Waals surface area (Å²) < 4.78 is 1.93. The summed E-state index contributed by atoms with van der Waals surface area (Å²) in [6.07, 6.45) is 4.10. The van der Waals surface area contributed by atoms with Gasteiger partial charge in [0.1, 0.15) is 5.75 Å². The van der Waals surface area contributed by atoms with Crippen LogP contribution in [0.15, 0.2) is 36.5 Å². The molecule has 0 aliphatic heterocycles. The maximum atomic E-state index is 9.55. The maximum Gasteiger partial charge on any atom is 0.115 e. The molecule has 3 nitrogen and oxygen atoms in total. The van der Waals surface area contributed by atoms with Gasteiger partial charge >= 0.3 is 0 Å². The summed E-state index contributed by atoms with van der Waals surface area (Å²) >= 11 is 0. The normalized spacial score (nSPS) is 17.3. The SMILES string of the molecule is Cn1nccc1C1(c2cccc(O)c2)CC1. The second-order valence-corrected chi connectivity index (χ2v) is 4.47. The number of benzene rings is 1. The standard InChI is InChI=1S/C13H14N2O/c1-15-12(5-8-14-15)13(6-7-13)10-3-2-4-11(16)9-10/h2-5,8-9,16H,6-7H2,1H3. The number of phenols is 1. The predicted molar refractivity (Wildman–Crippen MR) is 61.3 cm³/mol. The van der Waals surface area contributed by atoms with Gasteiger partial charge in [-0.25, -0.2) is 0 Å². The first-order valence-corrected chi connectivity index (χ1v) is 5.50. The van der Waals surface area contributed by atoms with Crippen molar-refractivity contribution in [1.29, 1.82) is 0 Å². The fourth-order valence-corrected chi connectivity index (χ4v) is 2.46. The lowest BCUT2D eigenvalue weighted by Crippen LogP contribution is -2.13. The molecule has 16 heavy (non-hydrogen) atoms. The van der Waals surface area contributed by atoms with E-state index < -0.39 is 0 Å². The lowest BCUT2D eigenvalue weighted by atomic mass is 9.92. The fourth-order valence-electron chi connectivity index (χ4n) is 2.46. The van der Waals surface area contributed by atoms with Crippen LogP contribution in [0, 0.1) is 0 Å². The van der Waals surface area contributed by atoms with Gasteiger partial charge in [0.25, 0.3) is 0 Å². The third-order valence-electron chi connectivity index (χ3n) is 3.46. The number of nitrogens with zero attached hydrogens (tertiary/aromatic N) is 2. The summed E-state index contributed by atoms with van der Waals surface area (Å²) in [7, 11) is 1.97. The zero-order chi connectivity index (χ0) is 11.2. The second-order valence-electron chi connectivity index (χ2n) is 4.47. The highest BCUT2D eigenvalue weighted by Crippen LogP contribution is 2.53. The molecule has 0 spiro atoms. The van der Waals surface area contributed by atoms with Gasteiger partial charge in [-0.15, -0.1) is 0 Å². The molecular formula is C13H14N2O. The van der Waals surface area contributed by atoms with Crippen LogP contribution in [-0.2, 0) is 12.5 Å². The van der Waals surface area contributed by atoms with Gasteiger partial charge in [-0.3, -0.25) is 4.68 Å². The molecule has 1 aromatic heterocycles. The largest absolute Gasteiger partial charge is 0.508 e. The van der Waals surface area contributed by atoms with Gasteiger partial charge in [0, 0.05) is 24.4 Å². The van der Waals surface area contributed by atoms with Gasteiger partial charge in [-0.1, -0.05) is 12.1 Å². The number of hydrogen-bond donors (Lipinski definition) is 1. The minimum Gasteiger partial charge on any atom is -0.508 e. The molecule has 1 aliphatic rings. The summed E-state index contributed by atoms with van der Waals surface area (Å²) in [6.45, 7) is 0. The van der Waals surface area contributed by atoms with Crippen LogP contribution in [0.25, 0.3) is 0 Å². The van der Waals surface area contributed by atoms with E-state index in [9.17, 15) is 5.11 Å². The number of aromatic nitrogens is 2. The molecule has 3 rings (SSSR count). The third kappa shape index (κ3) is 1.24. The van der Waals surface area contributed by atoms with Crippen LogP contribution in [-0.4, -0.2) is 14.9 Å². The molecule has 1 aromatic carbocycles. The number of aryl methyl sites for hydroxylation is 1. The van der Waals surface area contributed by atoms with Crippen LogP contribution in [0.5, 0.6) is 5.75 Å². The van der Waals surface area contributed by atoms with Crippen molar-refractivity contribution in [2.75, 3.05) is 0 Å². The Balaban J connectivity index is 2.10. The summed E-state index contributed by atoms with van der Waals surface area (Å²) in [4.78, 5) is 0. The van der Waals surface area contributed by atoms with Crippen molar-refractivity contribution in [2.24, 2.45) is 7.05 Å². The molecule has 1 N–H and O–H groups in total. The van der Waals surface area contributed by atoms with Crippen molar-refractivity contribution in [2.45, 2.75) is 18.3 Å². The van der Waals surface area contributed by atoms with Crippen LogP contribution in [0.3, 0.4) is 0 Å². The average Bonchev–Trinajstić information content (AvgIpc) is 2.97. The van der Waals surface area contributed by atoms with Gasteiger partial charge in [0.2, 0.25) is 0 Å². The molecule has 1 fully saturated rings. The van der Waals surface area contributed by atoms with Gasteiger partial charge < -0.3 is 5.11 Å². The minimum atomic E-state index is 0.0873. The van der Waals surface area contributed by atoms with Crippen molar-refractivity contribution in [3.05, 3.63) is 47.8 Å². The van der Waals surface area contributed by atoms with Crippen LogP contribution in [0.4, 0.5) is 0 Å². The maximum absolute atomic E-state index is 9.55. The van der Waals surface area contributed by atoms with E-state index in [1.807, 2.05) is 30.1 Å². The molecule has 0 bridgehead atoms. The number of hydrogen-bond acceptors (Lipinski definition) is 2. The van der Waals surface area contributed by atoms with E-state index in [1.165, 1.54) is 11.3 Å². The Morgan fingerprint density at radius 1 is 1.31 bits per heavy atom. The fraction of sp³-hybridized carbons (Fsp3) is 0.308. The molecule has 0 amide bonds. The first-order valence-electron chi connectivity index (χ1n) is 5.50. The highest BCUT2D eigenvalue weighted by Gasteiger charge is 2.47. The minimum absolute atomic E-state index is 0.0873. The van der Waals surface area contributed by atoms with Gasteiger partial charge in [-0.2, -0.15) is 5.10 Å². The first kappa shape index (κ1) is 9.46. The summed E-state index contributed by atoms with van der Waals surface area (Å²) in [5.74, 6) is 0.339. The summed E-state index contributed by atoms with van der Waals surface area (Å²) in [5, 5.41) is 13.8. The second kappa shape index (κ2) is 3.11. The van der Waals surface area contributed by atoms with E-state index >= 15 is 0 Å². The van der Waals surface area contributed by atoms with Crippen molar-refractivity contribution in [1.82, 2.24) is 9.78 Å². The first-order chi connectivity index (χ1) is 7.72.